The third-order valence-electron chi connectivity index (χ3n) is 6.36. The van der Waals surface area contributed by atoms with Crippen molar-refractivity contribution in [3.63, 3.8) is 0 Å². The largest absolute Gasteiger partial charge is 0.434 e. The minimum Gasteiger partial charge on any atom is -0.434 e. The molecule has 0 aromatic carbocycles. The van der Waals surface area contributed by atoms with Gasteiger partial charge in [0, 0.05) is 5.41 Å². The summed E-state index contributed by atoms with van der Waals surface area (Å²) in [6.45, 7) is 8.50. The van der Waals surface area contributed by atoms with E-state index in [2.05, 4.69) is 36.7 Å². The number of hydrogen-bond acceptors (Lipinski definition) is 3. The van der Waals surface area contributed by atoms with Gasteiger partial charge >= 0.3 is 6.09 Å². The van der Waals surface area contributed by atoms with Gasteiger partial charge in [0.25, 0.3) is 0 Å². The van der Waals surface area contributed by atoms with Gasteiger partial charge in [-0.1, -0.05) is 50.0 Å². The first-order valence-electron chi connectivity index (χ1n) is 7.79. The van der Waals surface area contributed by atoms with Crippen LogP contribution in [0.15, 0.2) is 0 Å². The van der Waals surface area contributed by atoms with E-state index in [-0.39, 0.29) is 21.4 Å². The molecular formula is C16H26BrNO3. The summed E-state index contributed by atoms with van der Waals surface area (Å²) in [5.74, 6) is 0.382. The molecule has 2 rings (SSSR count). The van der Waals surface area contributed by atoms with Gasteiger partial charge in [0.05, 0.1) is 4.83 Å². The lowest BCUT2D eigenvalue weighted by Gasteiger charge is -2.46. The number of Topliss-reactive ketones (excluding diaryl/α,β-unsaturated/α-hetero) is 1. The molecule has 4 unspecified atom stereocenters. The van der Waals surface area contributed by atoms with Crippen LogP contribution < -0.4 is 5.73 Å². The monoisotopic (exact) mass is 359 g/mol. The van der Waals surface area contributed by atoms with Gasteiger partial charge in [0.1, 0.15) is 0 Å². The Balaban J connectivity index is 2.46. The van der Waals surface area contributed by atoms with Crippen molar-refractivity contribution in [2.45, 2.75) is 70.2 Å². The molecule has 2 saturated carbocycles. The van der Waals surface area contributed by atoms with Crippen molar-refractivity contribution in [2.24, 2.45) is 22.5 Å². The third kappa shape index (κ3) is 2.14. The normalized spacial score (nSPS) is 38.2. The minimum absolute atomic E-state index is 0.0130. The van der Waals surface area contributed by atoms with Crippen molar-refractivity contribution in [1.82, 2.24) is 0 Å². The maximum absolute atomic E-state index is 13.1. The van der Waals surface area contributed by atoms with E-state index in [0.29, 0.717) is 12.3 Å². The van der Waals surface area contributed by atoms with E-state index in [1.807, 2.05) is 6.92 Å². The van der Waals surface area contributed by atoms with E-state index < -0.39 is 11.7 Å². The first-order valence-corrected chi connectivity index (χ1v) is 8.71. The molecule has 2 aliphatic carbocycles. The number of ketones is 1. The molecule has 2 aliphatic rings. The Morgan fingerprint density at radius 3 is 2.38 bits per heavy atom. The zero-order valence-corrected chi connectivity index (χ0v) is 15.0. The van der Waals surface area contributed by atoms with Crippen molar-refractivity contribution < 1.29 is 14.3 Å². The number of carbonyl (C=O) groups is 2. The highest BCUT2D eigenvalue weighted by atomic mass is 79.9. The summed E-state index contributed by atoms with van der Waals surface area (Å²) in [5, 5.41) is 0. The summed E-state index contributed by atoms with van der Waals surface area (Å²) in [6.07, 6.45) is 3.38. The van der Waals surface area contributed by atoms with Crippen molar-refractivity contribution in [1.29, 1.82) is 0 Å². The van der Waals surface area contributed by atoms with Crippen LogP contribution in [0.1, 0.15) is 59.8 Å². The van der Waals surface area contributed by atoms with Gasteiger partial charge < -0.3 is 10.5 Å². The predicted molar refractivity (Wildman–Crippen MR) is 85.3 cm³/mol. The first-order chi connectivity index (χ1) is 9.62. The summed E-state index contributed by atoms with van der Waals surface area (Å²) < 4.78 is 5.56. The Labute approximate surface area is 135 Å². The van der Waals surface area contributed by atoms with Crippen LogP contribution in [-0.4, -0.2) is 22.3 Å². The molecular weight excluding hydrogens is 334 g/mol. The number of primary amides is 1. The summed E-state index contributed by atoms with van der Waals surface area (Å²) >= 11 is 3.49. The van der Waals surface area contributed by atoms with E-state index in [1.54, 1.807) is 0 Å². The quantitative estimate of drug-likeness (QED) is 0.758. The summed E-state index contributed by atoms with van der Waals surface area (Å²) in [7, 11) is 0. The standard InChI is InChI=1S/C16H26BrNO3/c1-5-6-11(17)12(19)16(21-13(18)20)9-10-7-8-15(16,4)14(10,2)3/h10-11H,5-9H2,1-4H3,(H2,18,20). The Hall–Kier alpha value is -0.580. The second-order valence-electron chi connectivity index (χ2n) is 7.36. The molecule has 2 N–H and O–H groups in total. The van der Waals surface area contributed by atoms with Crippen LogP contribution in [0, 0.1) is 16.7 Å². The molecule has 4 atom stereocenters. The Morgan fingerprint density at radius 1 is 1.38 bits per heavy atom. The van der Waals surface area contributed by atoms with E-state index >= 15 is 0 Å². The number of alkyl halides is 1. The molecule has 2 bridgehead atoms. The van der Waals surface area contributed by atoms with E-state index in [0.717, 1.165) is 25.7 Å². The first kappa shape index (κ1) is 16.8. The maximum atomic E-state index is 13.1. The van der Waals surface area contributed by atoms with Crippen LogP contribution in [0.5, 0.6) is 0 Å². The Morgan fingerprint density at radius 2 is 2.00 bits per heavy atom. The van der Waals surface area contributed by atoms with Gasteiger partial charge in [-0.3, -0.25) is 4.79 Å². The van der Waals surface area contributed by atoms with Crippen molar-refractivity contribution in [3.05, 3.63) is 0 Å². The average Bonchev–Trinajstić information content (AvgIpc) is 2.69. The van der Waals surface area contributed by atoms with Crippen molar-refractivity contribution in [2.75, 3.05) is 0 Å². The van der Waals surface area contributed by atoms with Gasteiger partial charge in [0.2, 0.25) is 0 Å². The lowest BCUT2D eigenvalue weighted by Crippen LogP contribution is -2.58. The van der Waals surface area contributed by atoms with E-state index in [4.69, 9.17) is 10.5 Å². The average molecular weight is 360 g/mol. The van der Waals surface area contributed by atoms with Crippen LogP contribution in [0.3, 0.4) is 0 Å². The molecule has 0 spiro atoms. The molecule has 1 amide bonds. The fourth-order valence-electron chi connectivity index (χ4n) is 4.63. The number of carbonyl (C=O) groups excluding carboxylic acids is 2. The molecule has 5 heteroatoms. The van der Waals surface area contributed by atoms with Gasteiger partial charge in [-0.05, 0) is 37.0 Å². The summed E-state index contributed by atoms with van der Waals surface area (Å²) in [5.41, 5.74) is 3.86. The number of amides is 1. The van der Waals surface area contributed by atoms with Crippen LogP contribution in [0.2, 0.25) is 0 Å². The predicted octanol–water partition coefficient (Wildman–Crippen LogP) is 3.80. The third-order valence-corrected chi connectivity index (χ3v) is 7.23. The lowest BCUT2D eigenvalue weighted by atomic mass is 9.62. The zero-order valence-electron chi connectivity index (χ0n) is 13.4. The molecule has 2 fully saturated rings. The zero-order chi connectivity index (χ0) is 16.1. The molecule has 0 heterocycles. The number of fused-ring (bicyclic) bond motifs is 2. The Kier molecular flexibility index (Phi) is 4.20. The molecule has 120 valence electrons. The van der Waals surface area contributed by atoms with Crippen LogP contribution in [0.25, 0.3) is 0 Å². The second-order valence-corrected chi connectivity index (χ2v) is 8.47. The lowest BCUT2D eigenvalue weighted by molar-refractivity contribution is -0.154. The molecule has 0 saturated heterocycles. The van der Waals surface area contributed by atoms with Gasteiger partial charge in [-0.15, -0.1) is 0 Å². The van der Waals surface area contributed by atoms with Crippen LogP contribution in [0.4, 0.5) is 4.79 Å². The van der Waals surface area contributed by atoms with Crippen molar-refractivity contribution >= 4 is 27.8 Å². The number of rotatable bonds is 5. The topological polar surface area (TPSA) is 69.4 Å². The fourth-order valence-corrected chi connectivity index (χ4v) is 5.46. The number of halogens is 1. The number of hydrogen-bond donors (Lipinski definition) is 1. The smallest absolute Gasteiger partial charge is 0.405 e. The molecule has 0 aromatic heterocycles. The van der Waals surface area contributed by atoms with E-state index in [9.17, 15) is 9.59 Å². The van der Waals surface area contributed by atoms with Crippen LogP contribution >= 0.6 is 15.9 Å². The van der Waals surface area contributed by atoms with Gasteiger partial charge in [-0.2, -0.15) is 0 Å². The molecule has 0 aromatic rings. The molecule has 0 aliphatic heterocycles. The number of ether oxygens (including phenoxy) is 1. The Bertz CT molecular complexity index is 464. The fraction of sp³-hybridized carbons (Fsp3) is 0.875. The SMILES string of the molecule is CCCC(Br)C(=O)C1(OC(N)=O)CC2CCC1(C)C2(C)C. The van der Waals surface area contributed by atoms with Crippen LogP contribution in [-0.2, 0) is 9.53 Å². The summed E-state index contributed by atoms with van der Waals surface area (Å²) in [6, 6.07) is 0. The van der Waals surface area contributed by atoms with Crippen molar-refractivity contribution in [3.8, 4) is 0 Å². The minimum atomic E-state index is -1.07. The second kappa shape index (κ2) is 5.25. The molecule has 0 radical (unpaired) electrons. The van der Waals surface area contributed by atoms with E-state index in [1.165, 1.54) is 0 Å². The number of nitrogens with two attached hydrogens (primary N) is 1. The molecule has 4 nitrogen and oxygen atoms in total. The molecule has 21 heavy (non-hydrogen) atoms. The highest BCUT2D eigenvalue weighted by molar-refractivity contribution is 9.10. The summed E-state index contributed by atoms with van der Waals surface area (Å²) in [4.78, 5) is 24.3. The van der Waals surface area contributed by atoms with Gasteiger partial charge in [-0.25, -0.2) is 4.79 Å². The van der Waals surface area contributed by atoms with Gasteiger partial charge in [0.15, 0.2) is 11.4 Å². The maximum Gasteiger partial charge on any atom is 0.405 e. The highest BCUT2D eigenvalue weighted by Crippen LogP contribution is 2.71. The highest BCUT2D eigenvalue weighted by Gasteiger charge is 2.73.